The van der Waals surface area contributed by atoms with E-state index in [4.69, 9.17) is 14.6 Å². The van der Waals surface area contributed by atoms with Crippen LogP contribution in [0.15, 0.2) is 42.5 Å². The van der Waals surface area contributed by atoms with Crippen molar-refractivity contribution in [3.63, 3.8) is 0 Å². The van der Waals surface area contributed by atoms with Crippen molar-refractivity contribution in [1.82, 2.24) is 5.32 Å². The number of methoxy groups -OCH3 is 2. The number of aliphatic hydroxyl groups excluding tert-OH is 1. The van der Waals surface area contributed by atoms with Crippen LogP contribution < -0.4 is 14.8 Å². The average Bonchev–Trinajstić information content (AvgIpc) is 2.59. The summed E-state index contributed by atoms with van der Waals surface area (Å²) in [6, 6.07) is 13.9. The minimum atomic E-state index is 0.0930. The maximum Gasteiger partial charge on any atom is 0.127 e. The van der Waals surface area contributed by atoms with E-state index in [2.05, 4.69) is 17.4 Å². The maximum absolute atomic E-state index is 9.02. The van der Waals surface area contributed by atoms with Gasteiger partial charge in [0.15, 0.2) is 0 Å². The molecule has 0 heterocycles. The first kappa shape index (κ1) is 16.3. The summed E-state index contributed by atoms with van der Waals surface area (Å²) < 4.78 is 10.6. The van der Waals surface area contributed by atoms with Gasteiger partial charge < -0.3 is 19.9 Å². The largest absolute Gasteiger partial charge is 0.497 e. The minimum absolute atomic E-state index is 0.0930. The predicted molar refractivity (Wildman–Crippen MR) is 87.3 cm³/mol. The molecule has 0 aliphatic rings. The summed E-state index contributed by atoms with van der Waals surface area (Å²) in [6.07, 6.45) is 0.949. The number of benzene rings is 2. The second-order valence-corrected chi connectivity index (χ2v) is 5.08. The summed E-state index contributed by atoms with van der Waals surface area (Å²) in [5.41, 5.74) is 3.31. The zero-order valence-corrected chi connectivity index (χ0v) is 13.1. The number of nitrogens with one attached hydrogen (secondary N) is 1. The lowest BCUT2D eigenvalue weighted by Crippen LogP contribution is -2.17. The van der Waals surface area contributed by atoms with Gasteiger partial charge >= 0.3 is 0 Å². The Kier molecular flexibility index (Phi) is 6.25. The van der Waals surface area contributed by atoms with E-state index in [0.717, 1.165) is 42.1 Å². The molecule has 2 aromatic carbocycles. The van der Waals surface area contributed by atoms with Crippen molar-refractivity contribution in [2.24, 2.45) is 0 Å². The van der Waals surface area contributed by atoms with Gasteiger partial charge in [-0.3, -0.25) is 0 Å². The Morgan fingerprint density at radius 2 is 1.68 bits per heavy atom. The van der Waals surface area contributed by atoms with Crippen LogP contribution in [0.2, 0.25) is 0 Å². The Morgan fingerprint density at radius 3 is 2.32 bits per heavy atom. The molecule has 0 spiro atoms. The summed E-state index contributed by atoms with van der Waals surface area (Å²) in [6.45, 7) is 1.73. The first-order chi connectivity index (χ1) is 10.8. The van der Waals surface area contributed by atoms with E-state index >= 15 is 0 Å². The van der Waals surface area contributed by atoms with Gasteiger partial charge in [0, 0.05) is 18.2 Å². The van der Waals surface area contributed by atoms with Crippen LogP contribution >= 0.6 is 0 Å². The zero-order valence-electron chi connectivity index (χ0n) is 13.1. The number of rotatable bonds is 8. The van der Waals surface area contributed by atoms with Gasteiger partial charge in [0.1, 0.15) is 11.5 Å². The molecule has 0 aliphatic heterocycles. The highest BCUT2D eigenvalue weighted by atomic mass is 16.5. The molecule has 0 unspecified atom stereocenters. The van der Waals surface area contributed by atoms with E-state index in [9.17, 15) is 0 Å². The van der Waals surface area contributed by atoms with E-state index < -0.39 is 0 Å². The third-order valence-corrected chi connectivity index (χ3v) is 3.61. The SMILES string of the molecule is COc1ccc(CNCCc2ccc(CO)cc2)c(OC)c1. The first-order valence-corrected chi connectivity index (χ1v) is 7.37. The topological polar surface area (TPSA) is 50.7 Å². The van der Waals surface area contributed by atoms with Gasteiger partial charge in [-0.15, -0.1) is 0 Å². The Bertz CT molecular complexity index is 581. The van der Waals surface area contributed by atoms with Crippen LogP contribution in [0.1, 0.15) is 16.7 Å². The van der Waals surface area contributed by atoms with Crippen LogP contribution in [0, 0.1) is 0 Å². The highest BCUT2D eigenvalue weighted by Crippen LogP contribution is 2.24. The summed E-state index contributed by atoms with van der Waals surface area (Å²) in [5.74, 6) is 1.63. The molecule has 0 atom stereocenters. The second kappa shape index (κ2) is 8.41. The molecule has 4 heteroatoms. The standard InChI is InChI=1S/C18H23NO3/c1-21-17-8-7-16(18(11-17)22-2)12-19-10-9-14-3-5-15(13-20)6-4-14/h3-8,11,19-20H,9-10,12-13H2,1-2H3. The highest BCUT2D eigenvalue weighted by molar-refractivity contribution is 5.40. The fourth-order valence-electron chi connectivity index (χ4n) is 2.27. The van der Waals surface area contributed by atoms with E-state index in [1.54, 1.807) is 14.2 Å². The molecule has 0 bridgehead atoms. The van der Waals surface area contributed by atoms with Crippen LogP contribution in [0.4, 0.5) is 0 Å². The summed E-state index contributed by atoms with van der Waals surface area (Å²) >= 11 is 0. The number of hydrogen-bond donors (Lipinski definition) is 2. The minimum Gasteiger partial charge on any atom is -0.497 e. The average molecular weight is 301 g/mol. The predicted octanol–water partition coefficient (Wildman–Crippen LogP) is 2.53. The fraction of sp³-hybridized carbons (Fsp3) is 0.333. The lowest BCUT2D eigenvalue weighted by atomic mass is 10.1. The van der Waals surface area contributed by atoms with Crippen LogP contribution in [-0.4, -0.2) is 25.9 Å². The third kappa shape index (κ3) is 4.48. The molecule has 0 fully saturated rings. The van der Waals surface area contributed by atoms with Crippen molar-refractivity contribution in [3.8, 4) is 11.5 Å². The molecule has 22 heavy (non-hydrogen) atoms. The van der Waals surface area contributed by atoms with E-state index in [1.807, 2.05) is 30.3 Å². The van der Waals surface area contributed by atoms with Gasteiger partial charge in [0.05, 0.1) is 20.8 Å². The summed E-state index contributed by atoms with van der Waals surface area (Å²) in [5, 5.41) is 12.4. The van der Waals surface area contributed by atoms with Crippen molar-refractivity contribution in [3.05, 3.63) is 59.2 Å². The lowest BCUT2D eigenvalue weighted by Gasteiger charge is -2.11. The molecular weight excluding hydrogens is 278 g/mol. The third-order valence-electron chi connectivity index (χ3n) is 3.61. The van der Waals surface area contributed by atoms with E-state index in [-0.39, 0.29) is 6.61 Å². The molecule has 2 N–H and O–H groups in total. The Labute approximate surface area is 131 Å². The van der Waals surface area contributed by atoms with Crippen molar-refractivity contribution in [1.29, 1.82) is 0 Å². The van der Waals surface area contributed by atoms with Gasteiger partial charge in [0.2, 0.25) is 0 Å². The monoisotopic (exact) mass is 301 g/mol. The Morgan fingerprint density at radius 1 is 0.955 bits per heavy atom. The molecule has 0 aromatic heterocycles. The molecule has 2 aromatic rings. The van der Waals surface area contributed by atoms with Gasteiger partial charge in [-0.25, -0.2) is 0 Å². The van der Waals surface area contributed by atoms with Crippen LogP contribution in [0.3, 0.4) is 0 Å². The highest BCUT2D eigenvalue weighted by Gasteiger charge is 2.04. The van der Waals surface area contributed by atoms with Crippen molar-refractivity contribution < 1.29 is 14.6 Å². The zero-order chi connectivity index (χ0) is 15.8. The molecule has 0 saturated heterocycles. The number of aliphatic hydroxyl groups is 1. The number of ether oxygens (including phenoxy) is 2. The van der Waals surface area contributed by atoms with Gasteiger partial charge in [0.25, 0.3) is 0 Å². The lowest BCUT2D eigenvalue weighted by molar-refractivity contribution is 0.282. The quantitative estimate of drug-likeness (QED) is 0.736. The van der Waals surface area contributed by atoms with Crippen molar-refractivity contribution >= 4 is 0 Å². The molecule has 2 rings (SSSR count). The van der Waals surface area contributed by atoms with Gasteiger partial charge in [-0.05, 0) is 30.2 Å². The van der Waals surface area contributed by atoms with Crippen molar-refractivity contribution in [2.75, 3.05) is 20.8 Å². The Balaban J connectivity index is 1.83. The molecule has 0 radical (unpaired) electrons. The van der Waals surface area contributed by atoms with Crippen LogP contribution in [-0.2, 0) is 19.6 Å². The number of hydrogen-bond acceptors (Lipinski definition) is 4. The van der Waals surface area contributed by atoms with E-state index in [0.29, 0.717) is 0 Å². The fourth-order valence-corrected chi connectivity index (χ4v) is 2.27. The molecular formula is C18H23NO3. The van der Waals surface area contributed by atoms with E-state index in [1.165, 1.54) is 5.56 Å². The molecule has 0 amide bonds. The van der Waals surface area contributed by atoms with Crippen LogP contribution in [0.25, 0.3) is 0 Å². The van der Waals surface area contributed by atoms with Gasteiger partial charge in [-0.2, -0.15) is 0 Å². The maximum atomic E-state index is 9.02. The van der Waals surface area contributed by atoms with Crippen molar-refractivity contribution in [2.45, 2.75) is 19.6 Å². The smallest absolute Gasteiger partial charge is 0.127 e. The Hall–Kier alpha value is -2.04. The summed E-state index contributed by atoms with van der Waals surface area (Å²) in [4.78, 5) is 0. The van der Waals surface area contributed by atoms with Gasteiger partial charge in [-0.1, -0.05) is 30.3 Å². The first-order valence-electron chi connectivity index (χ1n) is 7.37. The molecule has 0 aliphatic carbocycles. The van der Waals surface area contributed by atoms with Crippen LogP contribution in [0.5, 0.6) is 11.5 Å². The molecule has 0 saturated carbocycles. The molecule has 118 valence electrons. The molecule has 4 nitrogen and oxygen atoms in total. The second-order valence-electron chi connectivity index (χ2n) is 5.08. The summed E-state index contributed by atoms with van der Waals surface area (Å²) in [7, 11) is 3.32. The normalized spacial score (nSPS) is 10.5.